The molecule has 1 saturated heterocycles. The molecule has 1 aromatic carbocycles. The molecule has 0 atom stereocenters. The molecule has 21 heavy (non-hydrogen) atoms. The Kier molecular flexibility index (Phi) is 5.59. The molecule has 0 saturated carbocycles. The van der Waals surface area contributed by atoms with Gasteiger partial charge < -0.3 is 11.1 Å². The number of nitrogens with zero attached hydrogens (tertiary/aromatic N) is 1. The lowest BCUT2D eigenvalue weighted by atomic mass is 10.0. The predicted molar refractivity (Wildman–Crippen MR) is 82.0 cm³/mol. The minimum atomic E-state index is -0.305. The number of hydrogen-bond acceptors (Lipinski definition) is 3. The quantitative estimate of drug-likeness (QED) is 0.850. The van der Waals surface area contributed by atoms with E-state index in [4.69, 9.17) is 17.3 Å². The zero-order chi connectivity index (χ0) is 15.2. The number of primary amides is 1. The summed E-state index contributed by atoms with van der Waals surface area (Å²) in [6.07, 6.45) is 2.05. The number of carbonyl (C=O) groups is 2. The van der Waals surface area contributed by atoms with Crippen LogP contribution in [0.3, 0.4) is 0 Å². The minimum Gasteiger partial charge on any atom is -0.369 e. The van der Waals surface area contributed by atoms with E-state index in [-0.39, 0.29) is 17.9 Å². The zero-order valence-corrected chi connectivity index (χ0v) is 12.6. The van der Waals surface area contributed by atoms with Gasteiger partial charge in [0.2, 0.25) is 11.8 Å². The minimum absolute atomic E-state index is 0.0191. The van der Waals surface area contributed by atoms with Gasteiger partial charge in [-0.3, -0.25) is 14.5 Å². The van der Waals surface area contributed by atoms with Crippen molar-refractivity contribution in [3.63, 3.8) is 0 Å². The van der Waals surface area contributed by atoms with Gasteiger partial charge in [-0.2, -0.15) is 0 Å². The van der Waals surface area contributed by atoms with Gasteiger partial charge in [0.1, 0.15) is 0 Å². The Morgan fingerprint density at radius 3 is 2.43 bits per heavy atom. The van der Waals surface area contributed by atoms with Crippen LogP contribution in [0.25, 0.3) is 0 Å². The molecule has 1 heterocycles. The molecule has 2 amide bonds. The van der Waals surface area contributed by atoms with Crippen molar-refractivity contribution in [3.8, 4) is 0 Å². The maximum absolute atomic E-state index is 12.0. The van der Waals surface area contributed by atoms with Crippen molar-refractivity contribution in [3.05, 3.63) is 34.9 Å². The average molecular weight is 310 g/mol. The van der Waals surface area contributed by atoms with Crippen LogP contribution in [-0.2, 0) is 16.0 Å². The summed E-state index contributed by atoms with van der Waals surface area (Å²) in [5, 5.41) is 3.71. The third-order valence-electron chi connectivity index (χ3n) is 3.61. The second-order valence-electron chi connectivity index (χ2n) is 5.39. The van der Waals surface area contributed by atoms with Crippen molar-refractivity contribution < 1.29 is 9.59 Å². The molecule has 0 spiro atoms. The largest absolute Gasteiger partial charge is 0.369 e. The molecule has 6 heteroatoms. The molecular weight excluding hydrogens is 290 g/mol. The van der Waals surface area contributed by atoms with Gasteiger partial charge in [-0.15, -0.1) is 0 Å². The first-order valence-electron chi connectivity index (χ1n) is 7.07. The highest BCUT2D eigenvalue weighted by molar-refractivity contribution is 6.30. The molecule has 114 valence electrons. The maximum atomic E-state index is 12.0. The van der Waals surface area contributed by atoms with E-state index in [1.54, 1.807) is 12.1 Å². The summed E-state index contributed by atoms with van der Waals surface area (Å²) >= 11 is 5.82. The van der Waals surface area contributed by atoms with Crippen LogP contribution >= 0.6 is 11.6 Å². The summed E-state index contributed by atoms with van der Waals surface area (Å²) in [6.45, 7) is 1.87. The van der Waals surface area contributed by atoms with E-state index in [1.165, 1.54) is 0 Å². The van der Waals surface area contributed by atoms with Crippen molar-refractivity contribution in [1.29, 1.82) is 0 Å². The van der Waals surface area contributed by atoms with Crippen molar-refractivity contribution in [2.75, 3.05) is 19.6 Å². The zero-order valence-electron chi connectivity index (χ0n) is 11.8. The third-order valence-corrected chi connectivity index (χ3v) is 3.86. The fraction of sp³-hybridized carbons (Fsp3) is 0.467. The van der Waals surface area contributed by atoms with Gasteiger partial charge in [-0.1, -0.05) is 23.7 Å². The van der Waals surface area contributed by atoms with E-state index in [0.29, 0.717) is 18.0 Å². The van der Waals surface area contributed by atoms with Gasteiger partial charge in [0.25, 0.3) is 0 Å². The van der Waals surface area contributed by atoms with E-state index >= 15 is 0 Å². The normalized spacial score (nSPS) is 16.6. The van der Waals surface area contributed by atoms with Gasteiger partial charge in [0, 0.05) is 24.2 Å². The van der Waals surface area contributed by atoms with Crippen molar-refractivity contribution in [2.24, 2.45) is 5.73 Å². The highest BCUT2D eigenvalue weighted by Gasteiger charge is 2.21. The lowest BCUT2D eigenvalue weighted by molar-refractivity contribution is -0.122. The fourth-order valence-corrected chi connectivity index (χ4v) is 2.65. The summed E-state index contributed by atoms with van der Waals surface area (Å²) in [6, 6.07) is 7.46. The number of piperidine rings is 1. The molecular formula is C15H20ClN3O2. The molecule has 1 aliphatic rings. The number of nitrogens with one attached hydrogen (secondary N) is 1. The van der Waals surface area contributed by atoms with Crippen molar-refractivity contribution >= 4 is 23.4 Å². The number of nitrogens with two attached hydrogens (primary N) is 1. The van der Waals surface area contributed by atoms with E-state index in [1.807, 2.05) is 17.0 Å². The van der Waals surface area contributed by atoms with Gasteiger partial charge in [0.15, 0.2) is 0 Å². The van der Waals surface area contributed by atoms with Crippen LogP contribution in [0.2, 0.25) is 5.02 Å². The Bertz CT molecular complexity index is 496. The second-order valence-corrected chi connectivity index (χ2v) is 5.82. The summed E-state index contributed by atoms with van der Waals surface area (Å²) < 4.78 is 0. The maximum Gasteiger partial charge on any atom is 0.231 e. The Balaban J connectivity index is 1.74. The van der Waals surface area contributed by atoms with Crippen LogP contribution in [0.5, 0.6) is 0 Å². The molecule has 1 aliphatic heterocycles. The van der Waals surface area contributed by atoms with Crippen LogP contribution in [-0.4, -0.2) is 42.4 Å². The average Bonchev–Trinajstić information content (AvgIpc) is 2.43. The smallest absolute Gasteiger partial charge is 0.231 e. The molecule has 0 aromatic heterocycles. The number of amides is 2. The molecule has 5 nitrogen and oxygen atoms in total. The Labute approximate surface area is 129 Å². The Morgan fingerprint density at radius 2 is 1.86 bits per heavy atom. The third kappa shape index (κ3) is 5.36. The molecule has 2 rings (SSSR count). The van der Waals surface area contributed by atoms with E-state index in [2.05, 4.69) is 5.32 Å². The fourth-order valence-electron chi connectivity index (χ4n) is 2.52. The Hall–Kier alpha value is -1.59. The highest BCUT2D eigenvalue weighted by atomic mass is 35.5. The van der Waals surface area contributed by atoms with E-state index in [9.17, 15) is 9.59 Å². The molecule has 0 aliphatic carbocycles. The Morgan fingerprint density at radius 1 is 1.24 bits per heavy atom. The van der Waals surface area contributed by atoms with Crippen molar-refractivity contribution in [2.45, 2.75) is 25.3 Å². The lowest BCUT2D eigenvalue weighted by Crippen LogP contribution is -2.47. The SMILES string of the molecule is NC(=O)CN1CCC(NC(=O)Cc2ccc(Cl)cc2)CC1. The first-order valence-corrected chi connectivity index (χ1v) is 7.45. The molecule has 0 unspecified atom stereocenters. The molecule has 1 fully saturated rings. The highest BCUT2D eigenvalue weighted by Crippen LogP contribution is 2.12. The molecule has 0 radical (unpaired) electrons. The van der Waals surface area contributed by atoms with Crippen LogP contribution in [0.1, 0.15) is 18.4 Å². The number of benzene rings is 1. The topological polar surface area (TPSA) is 75.4 Å². The number of halogens is 1. The number of likely N-dealkylation sites (tertiary alicyclic amines) is 1. The van der Waals surface area contributed by atoms with Gasteiger partial charge in [0.05, 0.1) is 13.0 Å². The van der Waals surface area contributed by atoms with E-state index < -0.39 is 0 Å². The van der Waals surface area contributed by atoms with Crippen LogP contribution < -0.4 is 11.1 Å². The summed E-state index contributed by atoms with van der Waals surface area (Å²) in [5.74, 6) is -0.286. The number of rotatable bonds is 5. The molecule has 1 aromatic rings. The van der Waals surface area contributed by atoms with Gasteiger partial charge in [-0.05, 0) is 30.5 Å². The van der Waals surface area contributed by atoms with Crippen LogP contribution in [0, 0.1) is 0 Å². The van der Waals surface area contributed by atoms with Crippen LogP contribution in [0.15, 0.2) is 24.3 Å². The number of carbonyl (C=O) groups excluding carboxylic acids is 2. The first-order chi connectivity index (χ1) is 10.0. The predicted octanol–water partition coefficient (Wildman–Crippen LogP) is 0.948. The van der Waals surface area contributed by atoms with E-state index in [0.717, 1.165) is 31.5 Å². The monoisotopic (exact) mass is 309 g/mol. The summed E-state index contributed by atoms with van der Waals surface area (Å²) in [4.78, 5) is 24.9. The van der Waals surface area contributed by atoms with Crippen molar-refractivity contribution in [1.82, 2.24) is 10.2 Å². The first kappa shape index (κ1) is 15.8. The van der Waals surface area contributed by atoms with Gasteiger partial charge >= 0.3 is 0 Å². The lowest BCUT2D eigenvalue weighted by Gasteiger charge is -2.31. The molecule has 3 N–H and O–H groups in total. The number of hydrogen-bond donors (Lipinski definition) is 2. The second kappa shape index (κ2) is 7.43. The van der Waals surface area contributed by atoms with Gasteiger partial charge in [-0.25, -0.2) is 0 Å². The summed E-state index contributed by atoms with van der Waals surface area (Å²) in [5.41, 5.74) is 6.12. The summed E-state index contributed by atoms with van der Waals surface area (Å²) in [7, 11) is 0. The standard InChI is InChI=1S/C15H20ClN3O2/c16-12-3-1-11(2-4-12)9-15(21)18-13-5-7-19(8-6-13)10-14(17)20/h1-4,13H,5-10H2,(H2,17,20)(H,18,21). The molecule has 0 bridgehead atoms. The van der Waals surface area contributed by atoms with Crippen LogP contribution in [0.4, 0.5) is 0 Å².